The lowest BCUT2D eigenvalue weighted by atomic mass is 9.64. The van der Waals surface area contributed by atoms with E-state index >= 15 is 0 Å². The van der Waals surface area contributed by atoms with Crippen LogP contribution in [0.1, 0.15) is 110 Å². The van der Waals surface area contributed by atoms with E-state index in [-0.39, 0.29) is 11.5 Å². The number of hydrogen-bond donors (Lipinski definition) is 2. The second kappa shape index (κ2) is 12.3. The van der Waals surface area contributed by atoms with Crippen LogP contribution in [0.3, 0.4) is 0 Å². The highest BCUT2D eigenvalue weighted by atomic mass is 16.3. The fourth-order valence-corrected chi connectivity index (χ4v) is 4.43. The first-order valence-electron chi connectivity index (χ1n) is 10.4. The van der Waals surface area contributed by atoms with Gasteiger partial charge in [0.25, 0.3) is 0 Å². The second-order valence-corrected chi connectivity index (χ2v) is 8.06. The molecule has 0 aromatic carbocycles. The van der Waals surface area contributed by atoms with E-state index in [9.17, 15) is 5.11 Å². The fraction of sp³-hybridized carbons (Fsp3) is 1.00. The predicted octanol–water partition coefficient (Wildman–Crippen LogP) is 5.85. The third kappa shape index (κ3) is 7.56. The minimum absolute atomic E-state index is 0.0914. The van der Waals surface area contributed by atoms with Gasteiger partial charge in [-0.3, -0.25) is 0 Å². The Morgan fingerprint density at radius 1 is 0.826 bits per heavy atom. The predicted molar refractivity (Wildman–Crippen MR) is 99.6 cm³/mol. The number of rotatable bonds is 13. The second-order valence-electron chi connectivity index (χ2n) is 8.06. The van der Waals surface area contributed by atoms with Crippen LogP contribution >= 0.6 is 0 Å². The molecule has 1 saturated carbocycles. The molecule has 1 aliphatic carbocycles. The van der Waals surface area contributed by atoms with Gasteiger partial charge < -0.3 is 10.2 Å². The molecule has 2 heteroatoms. The van der Waals surface area contributed by atoms with E-state index in [2.05, 4.69) is 13.8 Å². The highest BCUT2D eigenvalue weighted by Crippen LogP contribution is 2.46. The number of hydrogen-bond acceptors (Lipinski definition) is 2. The smallest absolute Gasteiger partial charge is 0.0621 e. The molecule has 0 bridgehead atoms. The maximum Gasteiger partial charge on any atom is 0.0621 e. The molecule has 1 fully saturated rings. The summed E-state index contributed by atoms with van der Waals surface area (Å²) >= 11 is 0. The minimum Gasteiger partial charge on any atom is -0.396 e. The molecule has 0 amide bonds. The van der Waals surface area contributed by atoms with Crippen molar-refractivity contribution in [1.82, 2.24) is 0 Å². The zero-order chi connectivity index (χ0) is 17.0. The standard InChI is InChI=1S/C21H42O2/c1-3-19(2)20(23)21(16-12-10-13-17-21)15-11-8-6-4-5-7-9-14-18-22/h19-20,22-23H,3-18H2,1-2H3. The van der Waals surface area contributed by atoms with Crippen LogP contribution < -0.4 is 0 Å². The molecule has 2 atom stereocenters. The van der Waals surface area contributed by atoms with E-state index in [0.717, 1.165) is 12.8 Å². The summed E-state index contributed by atoms with van der Waals surface area (Å²) in [5.74, 6) is 0.444. The lowest BCUT2D eigenvalue weighted by molar-refractivity contribution is -0.0455. The summed E-state index contributed by atoms with van der Waals surface area (Å²) in [5, 5.41) is 19.7. The van der Waals surface area contributed by atoms with E-state index in [1.54, 1.807) is 0 Å². The van der Waals surface area contributed by atoms with Gasteiger partial charge in [0.05, 0.1) is 6.10 Å². The molecule has 2 unspecified atom stereocenters. The molecule has 0 aromatic rings. The van der Waals surface area contributed by atoms with Gasteiger partial charge in [0, 0.05) is 6.61 Å². The lowest BCUT2D eigenvalue weighted by Gasteiger charge is -2.44. The molecule has 0 spiro atoms. The van der Waals surface area contributed by atoms with Gasteiger partial charge in [0.15, 0.2) is 0 Å². The van der Waals surface area contributed by atoms with E-state index in [4.69, 9.17) is 5.11 Å². The molecule has 23 heavy (non-hydrogen) atoms. The Bertz CT molecular complexity index is 271. The van der Waals surface area contributed by atoms with Gasteiger partial charge in [-0.2, -0.15) is 0 Å². The summed E-state index contributed by atoms with van der Waals surface area (Å²) < 4.78 is 0. The molecule has 0 aromatic heterocycles. The minimum atomic E-state index is -0.0914. The zero-order valence-electron chi connectivity index (χ0n) is 15.9. The normalized spacial score (nSPS) is 20.3. The van der Waals surface area contributed by atoms with Gasteiger partial charge in [0.1, 0.15) is 0 Å². The van der Waals surface area contributed by atoms with E-state index in [1.165, 1.54) is 83.5 Å². The molecule has 0 aliphatic heterocycles. The first-order valence-corrected chi connectivity index (χ1v) is 10.4. The highest BCUT2D eigenvalue weighted by Gasteiger charge is 2.40. The summed E-state index contributed by atoms with van der Waals surface area (Å²) in [5.41, 5.74) is 0.231. The summed E-state index contributed by atoms with van der Waals surface area (Å²) in [6.45, 7) is 4.79. The quantitative estimate of drug-likeness (QED) is 0.417. The van der Waals surface area contributed by atoms with Gasteiger partial charge in [-0.15, -0.1) is 0 Å². The number of aliphatic hydroxyl groups excluding tert-OH is 2. The van der Waals surface area contributed by atoms with E-state index in [0.29, 0.717) is 12.5 Å². The Labute approximate surface area is 145 Å². The molecule has 1 aliphatic rings. The van der Waals surface area contributed by atoms with Crippen molar-refractivity contribution >= 4 is 0 Å². The number of unbranched alkanes of at least 4 members (excludes halogenated alkanes) is 7. The third-order valence-electron chi connectivity index (χ3n) is 6.24. The van der Waals surface area contributed by atoms with Crippen LogP contribution in [0.4, 0.5) is 0 Å². The SMILES string of the molecule is CCC(C)C(O)C1(CCCCCCCCCCO)CCCCC1. The summed E-state index contributed by atoms with van der Waals surface area (Å²) in [6.07, 6.45) is 18.8. The van der Waals surface area contributed by atoms with Gasteiger partial charge in [-0.1, -0.05) is 84.5 Å². The molecule has 138 valence electrons. The third-order valence-corrected chi connectivity index (χ3v) is 6.24. The molecule has 1 rings (SSSR count). The van der Waals surface area contributed by atoms with Crippen LogP contribution in [0.15, 0.2) is 0 Å². The van der Waals surface area contributed by atoms with E-state index in [1.807, 2.05) is 0 Å². The molecular weight excluding hydrogens is 284 g/mol. The highest BCUT2D eigenvalue weighted by molar-refractivity contribution is 4.91. The maximum atomic E-state index is 10.9. The molecule has 0 saturated heterocycles. The fourth-order valence-electron chi connectivity index (χ4n) is 4.43. The molecule has 2 N–H and O–H groups in total. The van der Waals surface area contributed by atoms with Gasteiger partial charge >= 0.3 is 0 Å². The lowest BCUT2D eigenvalue weighted by Crippen LogP contribution is -2.41. The van der Waals surface area contributed by atoms with Crippen molar-refractivity contribution in [2.45, 2.75) is 116 Å². The van der Waals surface area contributed by atoms with Crippen LogP contribution in [0.2, 0.25) is 0 Å². The van der Waals surface area contributed by atoms with Gasteiger partial charge in [-0.05, 0) is 37.0 Å². The molecule has 0 radical (unpaired) electrons. The Morgan fingerprint density at radius 3 is 1.87 bits per heavy atom. The summed E-state index contributed by atoms with van der Waals surface area (Å²) in [4.78, 5) is 0. The first kappa shape index (κ1) is 21.0. The van der Waals surface area contributed by atoms with Crippen molar-refractivity contribution in [3.8, 4) is 0 Å². The Balaban J connectivity index is 2.24. The van der Waals surface area contributed by atoms with Crippen molar-refractivity contribution in [3.63, 3.8) is 0 Å². The van der Waals surface area contributed by atoms with Crippen LogP contribution in [-0.4, -0.2) is 22.9 Å². The zero-order valence-corrected chi connectivity index (χ0v) is 15.9. The Hall–Kier alpha value is -0.0800. The average Bonchev–Trinajstić information content (AvgIpc) is 2.59. The van der Waals surface area contributed by atoms with Crippen molar-refractivity contribution in [1.29, 1.82) is 0 Å². The maximum absolute atomic E-state index is 10.9. The molecule has 0 heterocycles. The Kier molecular flexibility index (Phi) is 11.2. The number of aliphatic hydroxyl groups is 2. The van der Waals surface area contributed by atoms with Crippen molar-refractivity contribution < 1.29 is 10.2 Å². The van der Waals surface area contributed by atoms with Crippen molar-refractivity contribution in [3.05, 3.63) is 0 Å². The molecule has 2 nitrogen and oxygen atoms in total. The van der Waals surface area contributed by atoms with E-state index < -0.39 is 0 Å². The van der Waals surface area contributed by atoms with Crippen molar-refractivity contribution in [2.24, 2.45) is 11.3 Å². The van der Waals surface area contributed by atoms with Crippen LogP contribution in [0, 0.1) is 11.3 Å². The van der Waals surface area contributed by atoms with Gasteiger partial charge in [0.2, 0.25) is 0 Å². The monoisotopic (exact) mass is 326 g/mol. The Morgan fingerprint density at radius 2 is 1.35 bits per heavy atom. The van der Waals surface area contributed by atoms with Crippen LogP contribution in [-0.2, 0) is 0 Å². The van der Waals surface area contributed by atoms with Gasteiger partial charge in [-0.25, -0.2) is 0 Å². The summed E-state index contributed by atoms with van der Waals surface area (Å²) in [7, 11) is 0. The van der Waals surface area contributed by atoms with Crippen LogP contribution in [0.25, 0.3) is 0 Å². The average molecular weight is 327 g/mol. The summed E-state index contributed by atoms with van der Waals surface area (Å²) in [6, 6.07) is 0. The van der Waals surface area contributed by atoms with Crippen LogP contribution in [0.5, 0.6) is 0 Å². The first-order chi connectivity index (χ1) is 11.2. The molecular formula is C21H42O2. The van der Waals surface area contributed by atoms with Crippen molar-refractivity contribution in [2.75, 3.05) is 6.61 Å². The topological polar surface area (TPSA) is 40.5 Å². The largest absolute Gasteiger partial charge is 0.396 e.